The predicted octanol–water partition coefficient (Wildman–Crippen LogP) is 3.30. The minimum absolute atomic E-state index is 0.418. The lowest BCUT2D eigenvalue weighted by molar-refractivity contribution is 0.243. The van der Waals surface area contributed by atoms with E-state index in [2.05, 4.69) is 27.7 Å². The number of rotatable bonds is 3. The predicted molar refractivity (Wildman–Crippen MR) is 44.0 cm³/mol. The van der Waals surface area contributed by atoms with Gasteiger partial charge in [0.1, 0.15) is 0 Å². The van der Waals surface area contributed by atoms with Crippen LogP contribution in [0.4, 0.5) is 0 Å². The Labute approximate surface area is 63.6 Å². The van der Waals surface area contributed by atoms with Crippen molar-refractivity contribution < 1.29 is 0 Å². The van der Waals surface area contributed by atoms with Gasteiger partial charge < -0.3 is 0 Å². The molecule has 0 saturated carbocycles. The molecule has 0 rings (SSSR count). The molecule has 0 radical (unpaired) electrons. The maximum absolute atomic E-state index is 5.72. The monoisotopic (exact) mass is 148 g/mol. The highest BCUT2D eigenvalue weighted by atomic mass is 35.5. The Kier molecular flexibility index (Phi) is 3.57. The molecular formula is C8H17Cl. The SMILES string of the molecule is CCC(C)(C)C(C)CCl. The van der Waals surface area contributed by atoms with Gasteiger partial charge in [0.25, 0.3) is 0 Å². The summed E-state index contributed by atoms with van der Waals surface area (Å²) in [6.07, 6.45) is 1.21. The third-order valence-corrected chi connectivity index (χ3v) is 2.94. The first kappa shape index (κ1) is 9.29. The van der Waals surface area contributed by atoms with E-state index < -0.39 is 0 Å². The highest BCUT2D eigenvalue weighted by molar-refractivity contribution is 6.18. The standard InChI is InChI=1S/C8H17Cl/c1-5-8(3,4)7(2)6-9/h7H,5-6H2,1-4H3. The zero-order valence-corrected chi connectivity index (χ0v) is 7.63. The fraction of sp³-hybridized carbons (Fsp3) is 1.00. The Hall–Kier alpha value is 0.290. The zero-order chi connectivity index (χ0) is 7.49. The molecule has 0 aromatic heterocycles. The van der Waals surface area contributed by atoms with Crippen LogP contribution in [0.25, 0.3) is 0 Å². The Bertz CT molecular complexity index is 76.6. The quantitative estimate of drug-likeness (QED) is 0.539. The minimum atomic E-state index is 0.418. The second kappa shape index (κ2) is 3.46. The first-order chi connectivity index (χ1) is 4.04. The molecule has 0 nitrogen and oxygen atoms in total. The Morgan fingerprint density at radius 2 is 1.89 bits per heavy atom. The van der Waals surface area contributed by atoms with E-state index in [4.69, 9.17) is 11.6 Å². The largest absolute Gasteiger partial charge is 0.126 e. The minimum Gasteiger partial charge on any atom is -0.126 e. The van der Waals surface area contributed by atoms with Gasteiger partial charge in [-0.2, -0.15) is 0 Å². The van der Waals surface area contributed by atoms with Gasteiger partial charge >= 0.3 is 0 Å². The van der Waals surface area contributed by atoms with Crippen molar-refractivity contribution in [1.29, 1.82) is 0 Å². The lowest BCUT2D eigenvalue weighted by atomic mass is 9.79. The van der Waals surface area contributed by atoms with E-state index in [1.807, 2.05) is 0 Å². The lowest BCUT2D eigenvalue weighted by Gasteiger charge is -2.28. The smallest absolute Gasteiger partial charge is 0.0254 e. The van der Waals surface area contributed by atoms with Crippen molar-refractivity contribution in [3.8, 4) is 0 Å². The number of hydrogen-bond donors (Lipinski definition) is 0. The average Bonchev–Trinajstić information content (AvgIpc) is 1.86. The van der Waals surface area contributed by atoms with Crippen molar-refractivity contribution in [2.24, 2.45) is 11.3 Å². The molecule has 0 N–H and O–H groups in total. The van der Waals surface area contributed by atoms with E-state index in [0.29, 0.717) is 11.3 Å². The van der Waals surface area contributed by atoms with Crippen molar-refractivity contribution >= 4 is 11.6 Å². The first-order valence-electron chi connectivity index (χ1n) is 3.60. The normalized spacial score (nSPS) is 15.7. The van der Waals surface area contributed by atoms with Gasteiger partial charge in [0, 0.05) is 5.88 Å². The van der Waals surface area contributed by atoms with Crippen LogP contribution in [0.15, 0.2) is 0 Å². The maximum Gasteiger partial charge on any atom is 0.0254 e. The molecule has 0 saturated heterocycles. The molecular weight excluding hydrogens is 132 g/mol. The summed E-state index contributed by atoms with van der Waals surface area (Å²) in [4.78, 5) is 0. The van der Waals surface area contributed by atoms with Gasteiger partial charge in [0.2, 0.25) is 0 Å². The highest BCUT2D eigenvalue weighted by Crippen LogP contribution is 2.30. The van der Waals surface area contributed by atoms with E-state index >= 15 is 0 Å². The average molecular weight is 149 g/mol. The summed E-state index contributed by atoms with van der Waals surface area (Å²) < 4.78 is 0. The summed E-state index contributed by atoms with van der Waals surface area (Å²) in [6.45, 7) is 8.94. The number of alkyl halides is 1. The van der Waals surface area contributed by atoms with E-state index in [1.54, 1.807) is 0 Å². The van der Waals surface area contributed by atoms with Gasteiger partial charge in [0.15, 0.2) is 0 Å². The van der Waals surface area contributed by atoms with Gasteiger partial charge in [0.05, 0.1) is 0 Å². The summed E-state index contributed by atoms with van der Waals surface area (Å²) in [5.74, 6) is 1.41. The van der Waals surface area contributed by atoms with E-state index in [1.165, 1.54) is 6.42 Å². The molecule has 0 aromatic rings. The highest BCUT2D eigenvalue weighted by Gasteiger charge is 2.22. The zero-order valence-electron chi connectivity index (χ0n) is 6.87. The van der Waals surface area contributed by atoms with Crippen LogP contribution in [0.1, 0.15) is 34.1 Å². The van der Waals surface area contributed by atoms with Crippen molar-refractivity contribution in [3.63, 3.8) is 0 Å². The van der Waals surface area contributed by atoms with Crippen LogP contribution in [0.3, 0.4) is 0 Å². The second-order valence-electron chi connectivity index (χ2n) is 3.40. The van der Waals surface area contributed by atoms with Crippen LogP contribution < -0.4 is 0 Å². The number of hydrogen-bond acceptors (Lipinski definition) is 0. The molecule has 0 aromatic carbocycles. The third kappa shape index (κ3) is 2.57. The maximum atomic E-state index is 5.72. The van der Waals surface area contributed by atoms with E-state index in [0.717, 1.165) is 5.88 Å². The van der Waals surface area contributed by atoms with E-state index in [9.17, 15) is 0 Å². The molecule has 0 fully saturated rings. The van der Waals surface area contributed by atoms with Gasteiger partial charge in [-0.1, -0.05) is 34.1 Å². The fourth-order valence-electron chi connectivity index (χ4n) is 0.557. The molecule has 0 aliphatic carbocycles. The molecule has 0 aliphatic rings. The molecule has 0 amide bonds. The second-order valence-corrected chi connectivity index (χ2v) is 3.71. The van der Waals surface area contributed by atoms with Crippen LogP contribution in [0.5, 0.6) is 0 Å². The molecule has 0 heterocycles. The topological polar surface area (TPSA) is 0 Å². The summed E-state index contributed by atoms with van der Waals surface area (Å²) >= 11 is 5.72. The molecule has 0 aliphatic heterocycles. The Balaban J connectivity index is 3.80. The van der Waals surface area contributed by atoms with Crippen LogP contribution in [-0.2, 0) is 0 Å². The third-order valence-electron chi connectivity index (χ3n) is 2.48. The van der Waals surface area contributed by atoms with Gasteiger partial charge in [-0.05, 0) is 11.3 Å². The number of halogens is 1. The van der Waals surface area contributed by atoms with Crippen LogP contribution in [0, 0.1) is 11.3 Å². The van der Waals surface area contributed by atoms with Crippen molar-refractivity contribution in [1.82, 2.24) is 0 Å². The molecule has 1 unspecified atom stereocenters. The Morgan fingerprint density at radius 3 is 2.00 bits per heavy atom. The molecule has 1 atom stereocenters. The fourth-order valence-corrected chi connectivity index (χ4v) is 0.975. The van der Waals surface area contributed by atoms with Gasteiger partial charge in [-0.15, -0.1) is 11.6 Å². The molecule has 56 valence electrons. The summed E-state index contributed by atoms with van der Waals surface area (Å²) in [7, 11) is 0. The Morgan fingerprint density at radius 1 is 1.44 bits per heavy atom. The summed E-state index contributed by atoms with van der Waals surface area (Å²) in [5.41, 5.74) is 0.418. The van der Waals surface area contributed by atoms with Gasteiger partial charge in [-0.3, -0.25) is 0 Å². The van der Waals surface area contributed by atoms with Crippen molar-refractivity contribution in [2.75, 3.05) is 5.88 Å². The molecule has 0 bridgehead atoms. The van der Waals surface area contributed by atoms with Crippen molar-refractivity contribution in [3.05, 3.63) is 0 Å². The van der Waals surface area contributed by atoms with Crippen LogP contribution in [-0.4, -0.2) is 5.88 Å². The molecule has 0 spiro atoms. The summed E-state index contributed by atoms with van der Waals surface area (Å²) in [6, 6.07) is 0. The van der Waals surface area contributed by atoms with E-state index in [-0.39, 0.29) is 0 Å². The van der Waals surface area contributed by atoms with Crippen molar-refractivity contribution in [2.45, 2.75) is 34.1 Å². The first-order valence-corrected chi connectivity index (χ1v) is 4.14. The summed E-state index contributed by atoms with van der Waals surface area (Å²) in [5, 5.41) is 0. The van der Waals surface area contributed by atoms with Crippen LogP contribution >= 0.6 is 11.6 Å². The molecule has 1 heteroatoms. The lowest BCUT2D eigenvalue weighted by Crippen LogP contribution is -2.21. The van der Waals surface area contributed by atoms with Crippen LogP contribution in [0.2, 0.25) is 0 Å². The molecule has 9 heavy (non-hydrogen) atoms. The van der Waals surface area contributed by atoms with Gasteiger partial charge in [-0.25, -0.2) is 0 Å².